The number of benzene rings is 1. The Morgan fingerprint density at radius 3 is 2.79 bits per heavy atom. The van der Waals surface area contributed by atoms with Gasteiger partial charge in [0.2, 0.25) is 5.91 Å². The summed E-state index contributed by atoms with van der Waals surface area (Å²) in [6.45, 7) is 0.357. The number of hydrogen-bond donors (Lipinski definition) is 2. The van der Waals surface area contributed by atoms with E-state index in [2.05, 4.69) is 10.3 Å². The third kappa shape index (κ3) is 3.77. The smallest absolute Gasteiger partial charge is 0.303 e. The van der Waals surface area contributed by atoms with Crippen molar-refractivity contribution < 1.29 is 14.7 Å². The van der Waals surface area contributed by atoms with Gasteiger partial charge in [-0.25, -0.2) is 0 Å². The molecule has 0 unspecified atom stereocenters. The number of carbonyl (C=O) groups excluding carboxylic acids is 1. The first-order valence-corrected chi connectivity index (χ1v) is 5.97. The number of aromatic nitrogens is 1. The maximum absolute atomic E-state index is 11.4. The van der Waals surface area contributed by atoms with Crippen LogP contribution in [0.2, 0.25) is 0 Å². The van der Waals surface area contributed by atoms with Crippen molar-refractivity contribution in [3.05, 3.63) is 42.1 Å². The predicted molar refractivity (Wildman–Crippen MR) is 70.5 cm³/mol. The highest BCUT2D eigenvalue weighted by molar-refractivity contribution is 5.81. The van der Waals surface area contributed by atoms with Crippen LogP contribution in [-0.4, -0.2) is 22.0 Å². The van der Waals surface area contributed by atoms with E-state index in [4.69, 9.17) is 5.11 Å². The standard InChI is InChI=1S/C14H14N2O3/c17-13(5-6-14(18)19)16-9-10-7-11-3-1-2-4-12(11)15-8-10/h1-4,7-8H,5-6,9H2,(H,16,17)(H,18,19). The second kappa shape index (κ2) is 5.95. The zero-order chi connectivity index (χ0) is 13.7. The minimum Gasteiger partial charge on any atom is -0.481 e. The van der Waals surface area contributed by atoms with Crippen LogP contribution in [-0.2, 0) is 16.1 Å². The van der Waals surface area contributed by atoms with Gasteiger partial charge in [-0.3, -0.25) is 14.6 Å². The molecule has 5 heteroatoms. The van der Waals surface area contributed by atoms with Crippen molar-refractivity contribution in [2.24, 2.45) is 0 Å². The number of aliphatic carboxylic acids is 1. The molecule has 0 saturated carbocycles. The van der Waals surface area contributed by atoms with Gasteiger partial charge in [-0.05, 0) is 17.7 Å². The van der Waals surface area contributed by atoms with Gasteiger partial charge in [0.15, 0.2) is 0 Å². The molecular formula is C14H14N2O3. The maximum atomic E-state index is 11.4. The van der Waals surface area contributed by atoms with E-state index < -0.39 is 5.97 Å². The van der Waals surface area contributed by atoms with Gasteiger partial charge in [0.05, 0.1) is 11.9 Å². The fraction of sp³-hybridized carbons (Fsp3) is 0.214. The van der Waals surface area contributed by atoms with Crippen molar-refractivity contribution in [1.29, 1.82) is 0 Å². The number of hydrogen-bond acceptors (Lipinski definition) is 3. The van der Waals surface area contributed by atoms with Crippen LogP contribution in [0.3, 0.4) is 0 Å². The average molecular weight is 258 g/mol. The number of rotatable bonds is 5. The summed E-state index contributed by atoms with van der Waals surface area (Å²) in [5, 5.41) is 12.2. The lowest BCUT2D eigenvalue weighted by atomic mass is 10.1. The SMILES string of the molecule is O=C(O)CCC(=O)NCc1cnc2ccccc2c1. The average Bonchev–Trinajstić information content (AvgIpc) is 2.42. The van der Waals surface area contributed by atoms with E-state index >= 15 is 0 Å². The highest BCUT2D eigenvalue weighted by Crippen LogP contribution is 2.12. The van der Waals surface area contributed by atoms with E-state index in [1.54, 1.807) is 6.20 Å². The molecule has 98 valence electrons. The normalized spacial score (nSPS) is 10.3. The fourth-order valence-electron chi connectivity index (χ4n) is 1.72. The highest BCUT2D eigenvalue weighted by atomic mass is 16.4. The second-order valence-corrected chi connectivity index (χ2v) is 4.21. The summed E-state index contributed by atoms with van der Waals surface area (Å²) in [5.41, 5.74) is 1.80. The van der Waals surface area contributed by atoms with E-state index in [1.165, 1.54) is 0 Å². The summed E-state index contributed by atoms with van der Waals surface area (Å²) in [6.07, 6.45) is 1.55. The molecule has 0 atom stereocenters. The molecule has 2 rings (SSSR count). The summed E-state index contributed by atoms with van der Waals surface area (Å²) in [6, 6.07) is 9.68. The molecule has 5 nitrogen and oxygen atoms in total. The number of para-hydroxylation sites is 1. The van der Waals surface area contributed by atoms with E-state index in [0.29, 0.717) is 6.54 Å². The summed E-state index contributed by atoms with van der Waals surface area (Å²) < 4.78 is 0. The van der Waals surface area contributed by atoms with Gasteiger partial charge in [-0.2, -0.15) is 0 Å². The lowest BCUT2D eigenvalue weighted by Crippen LogP contribution is -2.23. The Bertz CT molecular complexity index is 610. The van der Waals surface area contributed by atoms with Crippen LogP contribution in [0.5, 0.6) is 0 Å². The Morgan fingerprint density at radius 2 is 2.00 bits per heavy atom. The molecule has 1 amide bonds. The molecule has 0 aliphatic heterocycles. The predicted octanol–water partition coefficient (Wildman–Crippen LogP) is 1.72. The second-order valence-electron chi connectivity index (χ2n) is 4.21. The van der Waals surface area contributed by atoms with Gasteiger partial charge in [0.1, 0.15) is 0 Å². The first kappa shape index (κ1) is 13.0. The Hall–Kier alpha value is -2.43. The van der Waals surface area contributed by atoms with Crippen LogP contribution in [0.1, 0.15) is 18.4 Å². The largest absolute Gasteiger partial charge is 0.481 e. The molecule has 0 aliphatic carbocycles. The van der Waals surface area contributed by atoms with Crippen LogP contribution in [0.4, 0.5) is 0 Å². The van der Waals surface area contributed by atoms with E-state index in [9.17, 15) is 9.59 Å². The molecule has 0 aliphatic rings. The number of amides is 1. The Balaban J connectivity index is 1.94. The quantitative estimate of drug-likeness (QED) is 0.855. The minimum absolute atomic E-state index is 0.00363. The first-order valence-electron chi connectivity index (χ1n) is 5.97. The Labute approximate surface area is 110 Å². The molecule has 0 saturated heterocycles. The van der Waals surface area contributed by atoms with Gasteiger partial charge in [-0.15, -0.1) is 0 Å². The summed E-state index contributed by atoms with van der Waals surface area (Å²) in [4.78, 5) is 26.0. The summed E-state index contributed by atoms with van der Waals surface area (Å²) in [7, 11) is 0. The van der Waals surface area contributed by atoms with Gasteiger partial charge < -0.3 is 10.4 Å². The Morgan fingerprint density at radius 1 is 1.21 bits per heavy atom. The third-order valence-corrected chi connectivity index (χ3v) is 2.70. The van der Waals surface area contributed by atoms with Gasteiger partial charge >= 0.3 is 5.97 Å². The van der Waals surface area contributed by atoms with Gasteiger partial charge in [-0.1, -0.05) is 18.2 Å². The summed E-state index contributed by atoms with van der Waals surface area (Å²) >= 11 is 0. The number of carboxylic acids is 1. The highest BCUT2D eigenvalue weighted by Gasteiger charge is 2.05. The maximum Gasteiger partial charge on any atom is 0.303 e. The Kier molecular flexibility index (Phi) is 4.07. The number of nitrogens with zero attached hydrogens (tertiary/aromatic N) is 1. The number of carbonyl (C=O) groups is 2. The molecule has 0 radical (unpaired) electrons. The monoisotopic (exact) mass is 258 g/mol. The molecule has 1 heterocycles. The molecule has 1 aromatic carbocycles. The third-order valence-electron chi connectivity index (χ3n) is 2.70. The van der Waals surface area contributed by atoms with Gasteiger partial charge in [0.25, 0.3) is 0 Å². The number of fused-ring (bicyclic) bond motifs is 1. The van der Waals surface area contributed by atoms with E-state index in [0.717, 1.165) is 16.5 Å². The van der Waals surface area contributed by atoms with E-state index in [-0.39, 0.29) is 18.7 Å². The van der Waals surface area contributed by atoms with Crippen LogP contribution in [0.15, 0.2) is 36.5 Å². The van der Waals surface area contributed by atoms with Crippen molar-refractivity contribution in [1.82, 2.24) is 10.3 Å². The number of pyridine rings is 1. The lowest BCUT2D eigenvalue weighted by Gasteiger charge is -2.05. The van der Waals surface area contributed by atoms with Crippen LogP contribution < -0.4 is 5.32 Å². The molecule has 19 heavy (non-hydrogen) atoms. The number of nitrogens with one attached hydrogen (secondary N) is 1. The fourth-order valence-corrected chi connectivity index (χ4v) is 1.72. The minimum atomic E-state index is -0.970. The van der Waals surface area contributed by atoms with Crippen molar-refractivity contribution in [2.45, 2.75) is 19.4 Å². The molecule has 1 aromatic heterocycles. The van der Waals surface area contributed by atoms with Crippen molar-refractivity contribution in [2.75, 3.05) is 0 Å². The number of carboxylic acid groups (broad SMARTS) is 1. The topological polar surface area (TPSA) is 79.3 Å². The lowest BCUT2D eigenvalue weighted by molar-refractivity contribution is -0.138. The summed E-state index contributed by atoms with van der Waals surface area (Å²) in [5.74, 6) is -1.24. The zero-order valence-electron chi connectivity index (χ0n) is 10.3. The van der Waals surface area contributed by atoms with Crippen molar-refractivity contribution in [3.8, 4) is 0 Å². The van der Waals surface area contributed by atoms with Crippen molar-refractivity contribution in [3.63, 3.8) is 0 Å². The van der Waals surface area contributed by atoms with E-state index in [1.807, 2.05) is 30.3 Å². The molecule has 2 aromatic rings. The van der Waals surface area contributed by atoms with Crippen molar-refractivity contribution >= 4 is 22.8 Å². The zero-order valence-corrected chi connectivity index (χ0v) is 10.3. The molecule has 0 bridgehead atoms. The molecule has 0 spiro atoms. The molecular weight excluding hydrogens is 244 g/mol. The van der Waals surface area contributed by atoms with Crippen LogP contribution >= 0.6 is 0 Å². The molecule has 2 N–H and O–H groups in total. The van der Waals surface area contributed by atoms with Gasteiger partial charge in [0, 0.05) is 24.5 Å². The van der Waals surface area contributed by atoms with Crippen LogP contribution in [0.25, 0.3) is 10.9 Å². The molecule has 0 fully saturated rings. The van der Waals surface area contributed by atoms with Crippen LogP contribution in [0, 0.1) is 0 Å². The first-order chi connectivity index (χ1) is 9.15.